The Labute approximate surface area is 125 Å². The first kappa shape index (κ1) is 16.8. The van der Waals surface area contributed by atoms with Gasteiger partial charge < -0.3 is 20.3 Å². The van der Waals surface area contributed by atoms with Crippen molar-refractivity contribution < 1.29 is 14.3 Å². The zero-order chi connectivity index (χ0) is 16.0. The molecule has 1 aromatic rings. The van der Waals surface area contributed by atoms with Gasteiger partial charge in [-0.3, -0.25) is 4.79 Å². The molecule has 116 valence electrons. The number of nitrogen functional groups attached to an aromatic ring is 1. The number of anilines is 2. The van der Waals surface area contributed by atoms with Gasteiger partial charge in [0.2, 0.25) is 5.91 Å². The fraction of sp³-hybridized carbons (Fsp3) is 0.467. The van der Waals surface area contributed by atoms with Crippen molar-refractivity contribution in [2.45, 2.75) is 13.8 Å². The lowest BCUT2D eigenvalue weighted by Gasteiger charge is -2.26. The highest BCUT2D eigenvalue weighted by Gasteiger charge is 2.18. The van der Waals surface area contributed by atoms with Crippen molar-refractivity contribution in [2.75, 3.05) is 44.4 Å². The van der Waals surface area contributed by atoms with E-state index in [1.54, 1.807) is 39.2 Å². The van der Waals surface area contributed by atoms with Crippen LogP contribution in [0.25, 0.3) is 0 Å². The molecule has 0 unspecified atom stereocenters. The van der Waals surface area contributed by atoms with E-state index in [0.717, 1.165) is 0 Å². The molecule has 1 aromatic carbocycles. The van der Waals surface area contributed by atoms with E-state index >= 15 is 0 Å². The molecule has 0 bridgehead atoms. The third-order valence-electron chi connectivity index (χ3n) is 3.13. The molecule has 1 amide bonds. The Kier molecular flexibility index (Phi) is 6.02. The maximum atomic E-state index is 11.9. The highest BCUT2D eigenvalue weighted by Crippen LogP contribution is 2.27. The van der Waals surface area contributed by atoms with Crippen LogP contribution in [0.4, 0.5) is 11.4 Å². The third kappa shape index (κ3) is 4.11. The first-order valence-electron chi connectivity index (χ1n) is 6.93. The van der Waals surface area contributed by atoms with Crippen LogP contribution in [0, 0.1) is 0 Å². The van der Waals surface area contributed by atoms with Crippen LogP contribution >= 0.6 is 0 Å². The Morgan fingerprint density at radius 1 is 1.24 bits per heavy atom. The highest BCUT2D eigenvalue weighted by molar-refractivity contribution is 5.99. The summed E-state index contributed by atoms with van der Waals surface area (Å²) < 4.78 is 4.98. The summed E-state index contributed by atoms with van der Waals surface area (Å²) in [5.74, 6) is -0.482. The van der Waals surface area contributed by atoms with Crippen LogP contribution in [-0.4, -0.2) is 50.6 Å². The summed E-state index contributed by atoms with van der Waals surface area (Å²) >= 11 is 0. The maximum absolute atomic E-state index is 11.9. The molecule has 0 saturated heterocycles. The van der Waals surface area contributed by atoms with Crippen molar-refractivity contribution in [3.8, 4) is 0 Å². The summed E-state index contributed by atoms with van der Waals surface area (Å²) in [7, 11) is 3.41. The van der Waals surface area contributed by atoms with E-state index < -0.39 is 5.97 Å². The molecule has 21 heavy (non-hydrogen) atoms. The first-order valence-corrected chi connectivity index (χ1v) is 6.93. The first-order chi connectivity index (χ1) is 9.92. The van der Waals surface area contributed by atoms with E-state index in [2.05, 4.69) is 0 Å². The molecule has 0 radical (unpaired) electrons. The van der Waals surface area contributed by atoms with Gasteiger partial charge in [-0.2, -0.15) is 0 Å². The lowest BCUT2D eigenvalue weighted by atomic mass is 10.1. The Bertz CT molecular complexity index is 515. The average Bonchev–Trinajstić information content (AvgIpc) is 2.45. The molecule has 2 N–H and O–H groups in total. The molecular weight excluding hydrogens is 270 g/mol. The number of para-hydroxylation sites is 1. The zero-order valence-electron chi connectivity index (χ0n) is 13.0. The fourth-order valence-electron chi connectivity index (χ4n) is 1.89. The number of rotatable bonds is 6. The van der Waals surface area contributed by atoms with Crippen molar-refractivity contribution in [1.29, 1.82) is 0 Å². The van der Waals surface area contributed by atoms with E-state index in [4.69, 9.17) is 10.5 Å². The second kappa shape index (κ2) is 7.52. The summed E-state index contributed by atoms with van der Waals surface area (Å²) in [6.07, 6.45) is 0. The minimum Gasteiger partial charge on any atom is -0.462 e. The average molecular weight is 293 g/mol. The number of esters is 1. The molecule has 6 heteroatoms. The predicted octanol–water partition coefficient (Wildman–Crippen LogP) is 1.36. The molecule has 0 spiro atoms. The summed E-state index contributed by atoms with van der Waals surface area (Å²) in [5.41, 5.74) is 7.40. The van der Waals surface area contributed by atoms with Crippen molar-refractivity contribution in [3.63, 3.8) is 0 Å². The largest absolute Gasteiger partial charge is 0.462 e. The molecular formula is C15H23N3O3. The van der Waals surface area contributed by atoms with Gasteiger partial charge >= 0.3 is 5.97 Å². The van der Waals surface area contributed by atoms with Crippen LogP contribution in [0.3, 0.4) is 0 Å². The lowest BCUT2D eigenvalue weighted by Crippen LogP contribution is -2.37. The van der Waals surface area contributed by atoms with Crippen molar-refractivity contribution in [2.24, 2.45) is 0 Å². The zero-order valence-corrected chi connectivity index (χ0v) is 13.0. The van der Waals surface area contributed by atoms with Gasteiger partial charge in [0.05, 0.1) is 30.1 Å². The number of nitrogens with two attached hydrogens (primary N) is 1. The topological polar surface area (TPSA) is 75.9 Å². The third-order valence-corrected chi connectivity index (χ3v) is 3.13. The van der Waals surface area contributed by atoms with Gasteiger partial charge in [0.15, 0.2) is 0 Å². The van der Waals surface area contributed by atoms with Crippen LogP contribution in [0.5, 0.6) is 0 Å². The van der Waals surface area contributed by atoms with Gasteiger partial charge in [-0.1, -0.05) is 6.07 Å². The SMILES string of the molecule is CCOC(=O)c1cccc(N(CC)CC(=O)N(C)C)c1N. The van der Waals surface area contributed by atoms with Gasteiger partial charge in [0.1, 0.15) is 0 Å². The van der Waals surface area contributed by atoms with Crippen molar-refractivity contribution in [3.05, 3.63) is 23.8 Å². The van der Waals surface area contributed by atoms with Crippen molar-refractivity contribution >= 4 is 23.3 Å². The van der Waals surface area contributed by atoms with E-state index in [0.29, 0.717) is 30.1 Å². The molecule has 0 aromatic heterocycles. The molecule has 0 saturated carbocycles. The normalized spacial score (nSPS) is 10.1. The van der Waals surface area contributed by atoms with Crippen LogP contribution in [0.2, 0.25) is 0 Å². The Morgan fingerprint density at radius 3 is 2.43 bits per heavy atom. The second-order valence-electron chi connectivity index (χ2n) is 4.76. The van der Waals surface area contributed by atoms with Gasteiger partial charge in [-0.25, -0.2) is 4.79 Å². The fourth-order valence-corrected chi connectivity index (χ4v) is 1.89. The Hall–Kier alpha value is -2.24. The molecule has 1 rings (SSSR count). The molecule has 0 fully saturated rings. The van der Waals surface area contributed by atoms with E-state index in [1.807, 2.05) is 11.8 Å². The minimum atomic E-state index is -0.452. The predicted molar refractivity (Wildman–Crippen MR) is 83.4 cm³/mol. The monoisotopic (exact) mass is 293 g/mol. The second-order valence-corrected chi connectivity index (χ2v) is 4.76. The minimum absolute atomic E-state index is 0.0298. The van der Waals surface area contributed by atoms with Crippen LogP contribution < -0.4 is 10.6 Å². The number of likely N-dealkylation sites (N-methyl/N-ethyl adjacent to an activating group) is 2. The van der Waals surface area contributed by atoms with Gasteiger partial charge in [-0.15, -0.1) is 0 Å². The van der Waals surface area contributed by atoms with Gasteiger partial charge in [0, 0.05) is 20.6 Å². The van der Waals surface area contributed by atoms with E-state index in [-0.39, 0.29) is 12.5 Å². The molecule has 0 aliphatic carbocycles. The number of hydrogen-bond acceptors (Lipinski definition) is 5. The number of amides is 1. The lowest BCUT2D eigenvalue weighted by molar-refractivity contribution is -0.127. The molecule has 0 aliphatic heterocycles. The van der Waals surface area contributed by atoms with E-state index in [1.165, 1.54) is 4.90 Å². The van der Waals surface area contributed by atoms with Crippen LogP contribution in [-0.2, 0) is 9.53 Å². The van der Waals surface area contributed by atoms with Crippen LogP contribution in [0.15, 0.2) is 18.2 Å². The summed E-state index contributed by atoms with van der Waals surface area (Å²) in [4.78, 5) is 27.1. The molecule has 0 aliphatic rings. The number of ether oxygens (including phenoxy) is 1. The molecule has 0 atom stereocenters. The Balaban J connectivity index is 3.08. The maximum Gasteiger partial charge on any atom is 0.340 e. The molecule has 0 heterocycles. The quantitative estimate of drug-likeness (QED) is 0.633. The Morgan fingerprint density at radius 2 is 1.90 bits per heavy atom. The number of nitrogens with zero attached hydrogens (tertiary/aromatic N) is 2. The van der Waals surface area contributed by atoms with Crippen LogP contribution in [0.1, 0.15) is 24.2 Å². The summed E-state index contributed by atoms with van der Waals surface area (Å²) in [5, 5.41) is 0. The van der Waals surface area contributed by atoms with Gasteiger partial charge in [0.25, 0.3) is 0 Å². The van der Waals surface area contributed by atoms with Gasteiger partial charge in [-0.05, 0) is 26.0 Å². The smallest absolute Gasteiger partial charge is 0.340 e. The number of benzene rings is 1. The number of carbonyl (C=O) groups is 2. The highest BCUT2D eigenvalue weighted by atomic mass is 16.5. The summed E-state index contributed by atoms with van der Waals surface area (Å²) in [6, 6.07) is 5.16. The van der Waals surface area contributed by atoms with E-state index in [9.17, 15) is 9.59 Å². The number of hydrogen-bond donors (Lipinski definition) is 1. The number of carbonyl (C=O) groups excluding carboxylic acids is 2. The summed E-state index contributed by atoms with van der Waals surface area (Å²) in [6.45, 7) is 4.78. The standard InChI is InChI=1S/C15H23N3O3/c1-5-18(10-13(19)17(3)4)12-9-7-8-11(14(12)16)15(20)21-6-2/h7-9H,5-6,10,16H2,1-4H3. The molecule has 6 nitrogen and oxygen atoms in total. The van der Waals surface area contributed by atoms with Crippen molar-refractivity contribution in [1.82, 2.24) is 4.90 Å².